The Morgan fingerprint density at radius 3 is 2.93 bits per heavy atom. The van der Waals surface area contributed by atoms with E-state index < -0.39 is 0 Å². The van der Waals surface area contributed by atoms with E-state index in [0.29, 0.717) is 6.04 Å². The highest BCUT2D eigenvalue weighted by atomic mass is 15.1. The van der Waals surface area contributed by atoms with Crippen LogP contribution in [-0.4, -0.2) is 43.3 Å². The predicted octanol–water partition coefficient (Wildman–Crippen LogP) is 3.90. The predicted molar refractivity (Wildman–Crippen MR) is 113 cm³/mol. The molecule has 0 aromatic carbocycles. The summed E-state index contributed by atoms with van der Waals surface area (Å²) in [4.78, 5) is 2.24. The maximum absolute atomic E-state index is 9.12. The van der Waals surface area contributed by atoms with Gasteiger partial charge >= 0.3 is 0 Å². The van der Waals surface area contributed by atoms with Gasteiger partial charge in [-0.1, -0.05) is 43.6 Å². The zero-order valence-electron chi connectivity index (χ0n) is 16.7. The summed E-state index contributed by atoms with van der Waals surface area (Å²) in [5.74, 6) is 0.216. The second-order valence-corrected chi connectivity index (χ2v) is 8.62. The molecule has 4 nitrogen and oxygen atoms in total. The van der Waals surface area contributed by atoms with Gasteiger partial charge in [0.2, 0.25) is 0 Å². The Labute approximate surface area is 164 Å². The van der Waals surface area contributed by atoms with Crippen LogP contribution >= 0.6 is 0 Å². The molecule has 2 aliphatic heterocycles. The average Bonchev–Trinajstić information content (AvgIpc) is 2.69. The molecule has 1 unspecified atom stereocenters. The first-order valence-electron chi connectivity index (χ1n) is 10.7. The normalized spacial score (nSPS) is 27.1. The molecular formula is C23H34N4. The van der Waals surface area contributed by atoms with Crippen molar-refractivity contribution in [1.29, 1.82) is 5.41 Å². The Morgan fingerprint density at radius 2 is 2.11 bits per heavy atom. The molecule has 2 heterocycles. The van der Waals surface area contributed by atoms with Crippen molar-refractivity contribution in [2.24, 2.45) is 5.92 Å². The zero-order chi connectivity index (χ0) is 18.8. The number of likely N-dealkylation sites (N-methyl/N-ethyl adjacent to an activating group) is 1. The van der Waals surface area contributed by atoms with Crippen LogP contribution in [-0.2, 0) is 0 Å². The SMILES string of the molecule is C=C1CC2=C(C=CCC2C(=N)C2=C(NC3CCCCC3)CCNC2)CN1C. The summed E-state index contributed by atoms with van der Waals surface area (Å²) in [6.45, 7) is 7.03. The number of hydrogen-bond acceptors (Lipinski definition) is 4. The number of nitrogens with zero attached hydrogens (tertiary/aromatic N) is 1. The minimum atomic E-state index is 0.216. The van der Waals surface area contributed by atoms with Crippen molar-refractivity contribution in [3.8, 4) is 0 Å². The van der Waals surface area contributed by atoms with Gasteiger partial charge in [-0.25, -0.2) is 0 Å². The van der Waals surface area contributed by atoms with Gasteiger partial charge in [-0.05, 0) is 24.8 Å². The van der Waals surface area contributed by atoms with E-state index in [0.717, 1.165) is 44.6 Å². The highest BCUT2D eigenvalue weighted by Gasteiger charge is 2.31. The van der Waals surface area contributed by atoms with Crippen LogP contribution in [0.15, 0.2) is 46.8 Å². The zero-order valence-corrected chi connectivity index (χ0v) is 16.7. The third kappa shape index (κ3) is 3.91. The molecule has 0 spiro atoms. The van der Waals surface area contributed by atoms with Gasteiger partial charge < -0.3 is 20.9 Å². The van der Waals surface area contributed by atoms with Crippen LogP contribution < -0.4 is 10.6 Å². The van der Waals surface area contributed by atoms with Crippen molar-refractivity contribution in [2.75, 3.05) is 26.7 Å². The lowest BCUT2D eigenvalue weighted by atomic mass is 9.77. The summed E-state index contributed by atoms with van der Waals surface area (Å²) in [7, 11) is 2.12. The molecule has 1 saturated carbocycles. The quantitative estimate of drug-likeness (QED) is 0.662. The molecular weight excluding hydrogens is 332 g/mol. The highest BCUT2D eigenvalue weighted by molar-refractivity contribution is 6.02. The molecule has 1 fully saturated rings. The number of hydrogen-bond donors (Lipinski definition) is 3. The summed E-state index contributed by atoms with van der Waals surface area (Å²) >= 11 is 0. The lowest BCUT2D eigenvalue weighted by Gasteiger charge is -2.37. The van der Waals surface area contributed by atoms with Crippen LogP contribution in [0.1, 0.15) is 51.4 Å². The van der Waals surface area contributed by atoms with Gasteiger partial charge in [-0.2, -0.15) is 0 Å². The Hall–Kier alpha value is -1.81. The third-order valence-electron chi connectivity index (χ3n) is 6.74. The fourth-order valence-corrected chi connectivity index (χ4v) is 5.03. The van der Waals surface area contributed by atoms with E-state index in [2.05, 4.69) is 41.3 Å². The average molecular weight is 367 g/mol. The van der Waals surface area contributed by atoms with Crippen molar-refractivity contribution in [3.63, 3.8) is 0 Å². The second kappa shape index (κ2) is 8.05. The Bertz CT molecular complexity index is 706. The molecule has 0 bridgehead atoms. The van der Waals surface area contributed by atoms with Gasteiger partial charge in [0.05, 0.1) is 0 Å². The molecule has 27 heavy (non-hydrogen) atoms. The summed E-state index contributed by atoms with van der Waals surface area (Å²) in [6.07, 6.45) is 14.1. The van der Waals surface area contributed by atoms with Crippen molar-refractivity contribution in [1.82, 2.24) is 15.5 Å². The van der Waals surface area contributed by atoms with Crippen molar-refractivity contribution < 1.29 is 0 Å². The first-order chi connectivity index (χ1) is 13.1. The standard InChI is InChI=1S/C23H34N4/c1-16-13-20-17(15-27(16)2)7-6-10-19(20)23(24)21-14-25-12-11-22(21)26-18-8-4-3-5-9-18/h6-7,18-19,24-26H,1,3-5,8-15H2,2H3. The topological polar surface area (TPSA) is 51.2 Å². The monoisotopic (exact) mass is 366 g/mol. The van der Waals surface area contributed by atoms with Crippen LogP contribution in [0.5, 0.6) is 0 Å². The van der Waals surface area contributed by atoms with Gasteiger partial charge in [0.1, 0.15) is 0 Å². The van der Waals surface area contributed by atoms with Crippen molar-refractivity contribution >= 4 is 5.71 Å². The molecule has 0 aromatic rings. The van der Waals surface area contributed by atoms with Crippen LogP contribution in [0.2, 0.25) is 0 Å². The Balaban J connectivity index is 1.57. The first-order valence-corrected chi connectivity index (χ1v) is 10.7. The number of allylic oxidation sites excluding steroid dienone is 2. The fraction of sp³-hybridized carbons (Fsp3) is 0.609. The molecule has 0 amide bonds. The fourth-order valence-electron chi connectivity index (χ4n) is 5.03. The van der Waals surface area contributed by atoms with E-state index in [9.17, 15) is 0 Å². The van der Waals surface area contributed by atoms with Crippen LogP contribution in [0.25, 0.3) is 0 Å². The summed E-state index contributed by atoms with van der Waals surface area (Å²) in [5.41, 5.74) is 7.41. The van der Waals surface area contributed by atoms with E-state index in [1.165, 1.54) is 60.2 Å². The van der Waals surface area contributed by atoms with Gasteiger partial charge in [0, 0.05) is 74.2 Å². The van der Waals surface area contributed by atoms with Gasteiger partial charge in [-0.15, -0.1) is 0 Å². The Kier molecular flexibility index (Phi) is 5.53. The minimum Gasteiger partial charge on any atom is -0.385 e. The van der Waals surface area contributed by atoms with Crippen LogP contribution in [0.4, 0.5) is 0 Å². The minimum absolute atomic E-state index is 0.216. The molecule has 0 saturated heterocycles. The highest BCUT2D eigenvalue weighted by Crippen LogP contribution is 2.37. The third-order valence-corrected chi connectivity index (χ3v) is 6.74. The second-order valence-electron chi connectivity index (χ2n) is 8.62. The van der Waals surface area contributed by atoms with Gasteiger partial charge in [-0.3, -0.25) is 0 Å². The molecule has 0 aromatic heterocycles. The Morgan fingerprint density at radius 1 is 1.30 bits per heavy atom. The van der Waals surface area contributed by atoms with Gasteiger partial charge in [0.25, 0.3) is 0 Å². The van der Waals surface area contributed by atoms with Crippen LogP contribution in [0.3, 0.4) is 0 Å². The molecule has 4 aliphatic rings. The molecule has 4 rings (SSSR count). The maximum Gasteiger partial charge on any atom is 0.0450 e. The lowest BCUT2D eigenvalue weighted by Crippen LogP contribution is -2.40. The van der Waals surface area contributed by atoms with Crippen molar-refractivity contribution in [3.05, 3.63) is 46.8 Å². The van der Waals surface area contributed by atoms with Crippen molar-refractivity contribution in [2.45, 2.75) is 57.4 Å². The van der Waals surface area contributed by atoms with E-state index in [1.807, 2.05) is 0 Å². The lowest BCUT2D eigenvalue weighted by molar-refractivity contribution is 0.388. The van der Waals surface area contributed by atoms with E-state index >= 15 is 0 Å². The summed E-state index contributed by atoms with van der Waals surface area (Å²) in [5, 5.41) is 16.5. The number of nitrogens with one attached hydrogen (secondary N) is 3. The molecule has 3 N–H and O–H groups in total. The largest absolute Gasteiger partial charge is 0.385 e. The molecule has 1 atom stereocenters. The molecule has 0 radical (unpaired) electrons. The van der Waals surface area contributed by atoms with Gasteiger partial charge in [0.15, 0.2) is 0 Å². The number of rotatable bonds is 4. The van der Waals surface area contributed by atoms with Crippen LogP contribution in [0, 0.1) is 11.3 Å². The molecule has 146 valence electrons. The summed E-state index contributed by atoms with van der Waals surface area (Å²) in [6, 6.07) is 0.610. The van der Waals surface area contributed by atoms with E-state index in [1.54, 1.807) is 0 Å². The van der Waals surface area contributed by atoms with E-state index in [-0.39, 0.29) is 5.92 Å². The maximum atomic E-state index is 9.12. The summed E-state index contributed by atoms with van der Waals surface area (Å²) < 4.78 is 0. The molecule has 2 aliphatic carbocycles. The first kappa shape index (κ1) is 18.5. The smallest absolute Gasteiger partial charge is 0.0450 e. The molecule has 4 heteroatoms. The van der Waals surface area contributed by atoms with E-state index in [4.69, 9.17) is 5.41 Å².